The van der Waals surface area contributed by atoms with E-state index in [9.17, 15) is 13.6 Å². The number of rotatable bonds is 8. The number of nitrogens with zero attached hydrogens (tertiary/aromatic N) is 1. The zero-order valence-corrected chi connectivity index (χ0v) is 17.6. The van der Waals surface area contributed by atoms with Crippen molar-refractivity contribution in [3.05, 3.63) is 18.2 Å². The number of quaternary nitrogens is 1. The first-order valence-corrected chi connectivity index (χ1v) is 11.7. The lowest BCUT2D eigenvalue weighted by molar-refractivity contribution is 0.152. The van der Waals surface area contributed by atoms with Gasteiger partial charge in [-0.1, -0.05) is 25.7 Å². The van der Waals surface area contributed by atoms with Crippen molar-refractivity contribution < 1.29 is 23.1 Å². The molecule has 1 unspecified atom stereocenters. The molecule has 0 bridgehead atoms. The number of ether oxygens (including phenoxy) is 2. The molecule has 1 aromatic rings. The van der Waals surface area contributed by atoms with Gasteiger partial charge in [-0.15, -0.1) is 5.92 Å². The molecule has 1 aromatic carbocycles. The summed E-state index contributed by atoms with van der Waals surface area (Å²) in [6.07, 6.45) is 3.85. The van der Waals surface area contributed by atoms with Crippen LogP contribution in [0.15, 0.2) is 18.2 Å². The van der Waals surface area contributed by atoms with E-state index in [1.807, 2.05) is 0 Å². The normalized spacial score (nSPS) is 18.7. The first-order valence-electron chi connectivity index (χ1n) is 10.1. The minimum atomic E-state index is -3.70. The maximum atomic E-state index is 13.6. The molecule has 1 atom stereocenters. The predicted octanol–water partition coefficient (Wildman–Crippen LogP) is 1.59. The average Bonchev–Trinajstić information content (AvgIpc) is 3.21. The molecular formula is C20H30N3O5S+. The van der Waals surface area contributed by atoms with E-state index in [0.29, 0.717) is 49.8 Å². The maximum absolute atomic E-state index is 13.6. The largest absolute Gasteiger partial charge is 0.454 e. The van der Waals surface area contributed by atoms with Crippen LogP contribution in [0.5, 0.6) is 11.5 Å². The number of hydrogen-bond donors (Lipinski definition) is 3. The van der Waals surface area contributed by atoms with Crippen LogP contribution in [0.4, 0.5) is 5.69 Å². The molecule has 2 aliphatic heterocycles. The Morgan fingerprint density at radius 1 is 1.24 bits per heavy atom. The first-order chi connectivity index (χ1) is 14.0. The molecule has 3 rings (SSSR count). The number of sulfonamides is 1. The second-order valence-corrected chi connectivity index (χ2v) is 9.53. The summed E-state index contributed by atoms with van der Waals surface area (Å²) in [6, 6.07) is 4.46. The van der Waals surface area contributed by atoms with Crippen molar-refractivity contribution in [3.63, 3.8) is 0 Å². The minimum Gasteiger partial charge on any atom is -0.454 e. The van der Waals surface area contributed by atoms with Crippen LogP contribution in [-0.4, -0.2) is 58.4 Å². The van der Waals surface area contributed by atoms with Gasteiger partial charge in [0.25, 0.3) is 0 Å². The maximum Gasteiger partial charge on any atom is 0.304 e. The number of unbranched alkanes of at least 4 members (excludes halogenated alkanes) is 3. The highest BCUT2D eigenvalue weighted by molar-refractivity contribution is 7.91. The van der Waals surface area contributed by atoms with Crippen LogP contribution in [0, 0.1) is 11.8 Å². The smallest absolute Gasteiger partial charge is 0.304 e. The summed E-state index contributed by atoms with van der Waals surface area (Å²) in [5.74, 6) is 6.76. The molecule has 160 valence electrons. The Labute approximate surface area is 172 Å². The van der Waals surface area contributed by atoms with Crippen molar-refractivity contribution in [2.75, 3.05) is 38.7 Å². The van der Waals surface area contributed by atoms with Crippen LogP contribution >= 0.6 is 0 Å². The molecule has 0 aliphatic carbocycles. The summed E-state index contributed by atoms with van der Waals surface area (Å²) in [5, 5.41) is 12.7. The van der Waals surface area contributed by atoms with Crippen molar-refractivity contribution in [1.29, 1.82) is 0 Å². The third-order valence-corrected chi connectivity index (χ3v) is 7.77. The molecule has 1 fully saturated rings. The number of hydroxylamine groups is 1. The third kappa shape index (κ3) is 4.85. The Hall–Kier alpha value is -1.83. The van der Waals surface area contributed by atoms with Crippen molar-refractivity contribution >= 4 is 15.7 Å². The lowest BCUT2D eigenvalue weighted by atomic mass is 10.2. The number of hydrogen-bond acceptors (Lipinski definition) is 7. The van der Waals surface area contributed by atoms with Gasteiger partial charge < -0.3 is 20.0 Å². The lowest BCUT2D eigenvalue weighted by Crippen LogP contribution is -2.64. The zero-order valence-electron chi connectivity index (χ0n) is 16.8. The number of fused-ring (bicyclic) bond motifs is 1. The summed E-state index contributed by atoms with van der Waals surface area (Å²) in [5.41, 5.74) is 2.72. The van der Waals surface area contributed by atoms with Crippen LogP contribution < -0.4 is 24.2 Å². The van der Waals surface area contributed by atoms with Crippen LogP contribution in [0.3, 0.4) is 0 Å². The second-order valence-electron chi connectivity index (χ2n) is 7.33. The van der Waals surface area contributed by atoms with E-state index < -0.39 is 16.1 Å². The van der Waals surface area contributed by atoms with Crippen molar-refractivity contribution in [2.45, 2.75) is 38.6 Å². The van der Waals surface area contributed by atoms with Gasteiger partial charge in [0, 0.05) is 31.6 Å². The number of benzene rings is 1. The summed E-state index contributed by atoms with van der Waals surface area (Å²) in [7, 11) is -3.70. The molecule has 0 saturated carbocycles. The Morgan fingerprint density at radius 2 is 2.00 bits per heavy atom. The van der Waals surface area contributed by atoms with Gasteiger partial charge in [-0.3, -0.25) is 0 Å². The van der Waals surface area contributed by atoms with E-state index in [1.165, 1.54) is 0 Å². The number of nitrogens with one attached hydrogen (secondary N) is 2. The van der Waals surface area contributed by atoms with Crippen LogP contribution in [0.25, 0.3) is 0 Å². The van der Waals surface area contributed by atoms with E-state index in [4.69, 9.17) is 9.47 Å². The molecule has 1 saturated heterocycles. The molecule has 2 aliphatic rings. The fourth-order valence-electron chi connectivity index (χ4n) is 3.72. The Bertz CT molecular complexity index is 857. The Morgan fingerprint density at radius 3 is 2.72 bits per heavy atom. The van der Waals surface area contributed by atoms with Gasteiger partial charge in [0.1, 0.15) is 24.9 Å². The topological polar surface area (TPSA) is 96.9 Å². The number of piperazine rings is 1. The van der Waals surface area contributed by atoms with E-state index in [2.05, 4.69) is 29.6 Å². The van der Waals surface area contributed by atoms with Gasteiger partial charge in [-0.25, -0.2) is 0 Å². The van der Waals surface area contributed by atoms with Crippen molar-refractivity contribution in [2.24, 2.45) is 0 Å². The Kier molecular flexibility index (Phi) is 7.38. The minimum absolute atomic E-state index is 0.136. The highest BCUT2D eigenvalue weighted by atomic mass is 32.2. The fourth-order valence-corrected chi connectivity index (χ4v) is 5.75. The van der Waals surface area contributed by atoms with Crippen LogP contribution in [0.1, 0.15) is 32.6 Å². The molecule has 9 heteroatoms. The van der Waals surface area contributed by atoms with Gasteiger partial charge in [-0.05, 0) is 12.5 Å². The van der Waals surface area contributed by atoms with E-state index >= 15 is 0 Å². The third-order valence-electron chi connectivity index (χ3n) is 5.37. The average molecular weight is 425 g/mol. The molecule has 0 radical (unpaired) electrons. The molecule has 0 amide bonds. The van der Waals surface area contributed by atoms with Gasteiger partial charge >= 0.3 is 10.0 Å². The molecule has 3 N–H and O–H groups in total. The quantitative estimate of drug-likeness (QED) is 0.252. The molecule has 0 spiro atoms. The highest BCUT2D eigenvalue weighted by Gasteiger charge is 2.46. The summed E-state index contributed by atoms with van der Waals surface area (Å²) < 4.78 is 37.7. The van der Waals surface area contributed by atoms with E-state index in [1.54, 1.807) is 18.2 Å². The molecular weight excluding hydrogens is 394 g/mol. The van der Waals surface area contributed by atoms with E-state index in [-0.39, 0.29) is 16.4 Å². The van der Waals surface area contributed by atoms with Crippen LogP contribution in [-0.2, 0) is 10.0 Å². The first kappa shape index (κ1) is 21.9. The fraction of sp³-hybridized carbons (Fsp3) is 0.600. The summed E-state index contributed by atoms with van der Waals surface area (Å²) in [4.78, 5) is 0. The summed E-state index contributed by atoms with van der Waals surface area (Å²) in [6.45, 7) is 4.19. The lowest BCUT2D eigenvalue weighted by Gasteiger charge is -2.39. The van der Waals surface area contributed by atoms with Gasteiger partial charge in [-0.2, -0.15) is 17.8 Å². The summed E-state index contributed by atoms with van der Waals surface area (Å²) >= 11 is 0. The molecule has 29 heavy (non-hydrogen) atoms. The molecule has 2 heterocycles. The second kappa shape index (κ2) is 9.78. The van der Waals surface area contributed by atoms with Crippen molar-refractivity contribution in [3.8, 4) is 23.3 Å². The Balaban J connectivity index is 1.85. The van der Waals surface area contributed by atoms with Crippen LogP contribution in [0.2, 0.25) is 0 Å². The monoisotopic (exact) mass is 424 g/mol. The van der Waals surface area contributed by atoms with Gasteiger partial charge in [0.15, 0.2) is 17.2 Å². The predicted molar refractivity (Wildman–Crippen MR) is 111 cm³/mol. The van der Waals surface area contributed by atoms with Crippen molar-refractivity contribution in [1.82, 2.24) is 14.7 Å². The van der Waals surface area contributed by atoms with Gasteiger partial charge in [0.05, 0.1) is 0 Å². The SMILES string of the molecule is CCCCCC#CC(CS(=O)(=O)[N+]1(c2ccc3c(c2)OCO3)CCNCC1)NO. The molecule has 8 nitrogen and oxygen atoms in total. The molecule has 0 aromatic heterocycles. The standard InChI is InChI=1S/C20H30N3O5S/c1-2-3-4-5-6-7-17(22-24)15-29(25,26)23(12-10-21-11-13-23)18-8-9-19-20(14-18)28-16-27-19/h8-9,14,17,21-22,24H,2-5,10-13,15-16H2,1H3/q+1. The zero-order chi connectivity index (χ0) is 20.7. The van der Waals surface area contributed by atoms with Gasteiger partial charge in [0.2, 0.25) is 6.79 Å². The van der Waals surface area contributed by atoms with E-state index in [0.717, 1.165) is 19.3 Å². The highest BCUT2D eigenvalue weighted by Crippen LogP contribution is 2.39.